The van der Waals surface area contributed by atoms with Gasteiger partial charge in [-0.15, -0.1) is 0 Å². The first-order valence-corrected chi connectivity index (χ1v) is 11.3. The molecule has 4 atom stereocenters. The second-order valence-electron chi connectivity index (χ2n) is 8.90. The molecule has 0 aliphatic carbocycles. The molecule has 3 aromatic rings. The van der Waals surface area contributed by atoms with Gasteiger partial charge in [-0.25, -0.2) is 0 Å². The molecule has 0 radical (unpaired) electrons. The fraction of sp³-hybridized carbons (Fsp3) is 0.346. The van der Waals surface area contributed by atoms with Gasteiger partial charge in [-0.2, -0.15) is 0 Å². The third-order valence-electron chi connectivity index (χ3n) is 7.57. The van der Waals surface area contributed by atoms with Gasteiger partial charge in [0.05, 0.1) is 13.2 Å². The first kappa shape index (κ1) is 19.1. The molecule has 0 bridgehead atoms. The zero-order chi connectivity index (χ0) is 21.2. The summed E-state index contributed by atoms with van der Waals surface area (Å²) >= 11 is 6.20. The standard InChI is InChI=1S/C26H24ClNO3/c1-30-25(29)26-15-31-21-13-10-16-5-2-3-6-19(16)22(21)24(26)28-14-4-7-20(28)23(26)17-8-11-18(27)12-9-17/h2-3,5-6,8-13,20,23-24H,4,7,14-15H2,1H3/t20-,23-,24-,26+/m1/s1. The lowest BCUT2D eigenvalue weighted by Gasteiger charge is -2.43. The minimum absolute atomic E-state index is 0.0168. The molecule has 3 aliphatic heterocycles. The van der Waals surface area contributed by atoms with Gasteiger partial charge in [0.1, 0.15) is 17.8 Å². The number of rotatable bonds is 2. The van der Waals surface area contributed by atoms with Gasteiger partial charge in [0, 0.05) is 22.5 Å². The van der Waals surface area contributed by atoms with Gasteiger partial charge in [-0.3, -0.25) is 9.69 Å². The van der Waals surface area contributed by atoms with Crippen molar-refractivity contribution in [1.29, 1.82) is 0 Å². The molecule has 0 amide bonds. The fourth-order valence-corrected chi connectivity index (χ4v) is 6.58. The van der Waals surface area contributed by atoms with Gasteiger partial charge >= 0.3 is 5.97 Å². The SMILES string of the molecule is COC(=O)[C@]12COc3ccc4ccccc4c3[C@H]1N1CCC[C@@H]1[C@H]2c1ccc(Cl)cc1. The minimum Gasteiger partial charge on any atom is -0.492 e. The topological polar surface area (TPSA) is 38.8 Å². The summed E-state index contributed by atoms with van der Waals surface area (Å²) in [4.78, 5) is 16.2. The molecule has 158 valence electrons. The molecule has 3 heterocycles. The molecule has 6 rings (SSSR count). The van der Waals surface area contributed by atoms with Crippen LogP contribution in [0.1, 0.15) is 35.9 Å². The lowest BCUT2D eigenvalue weighted by atomic mass is 9.65. The Morgan fingerprint density at radius 3 is 2.74 bits per heavy atom. The lowest BCUT2D eigenvalue weighted by molar-refractivity contribution is -0.159. The van der Waals surface area contributed by atoms with Gasteiger partial charge in [-0.05, 0) is 53.9 Å². The molecule has 0 saturated carbocycles. The highest BCUT2D eigenvalue weighted by Gasteiger charge is 2.68. The third-order valence-corrected chi connectivity index (χ3v) is 7.82. The molecule has 4 nitrogen and oxygen atoms in total. The highest BCUT2D eigenvalue weighted by atomic mass is 35.5. The molecule has 2 fully saturated rings. The first-order valence-electron chi connectivity index (χ1n) is 10.9. The number of fused-ring (bicyclic) bond motifs is 7. The number of ether oxygens (including phenoxy) is 2. The first-order chi connectivity index (χ1) is 15.1. The maximum absolute atomic E-state index is 13.6. The van der Waals surface area contributed by atoms with Crippen molar-refractivity contribution < 1.29 is 14.3 Å². The Hall–Kier alpha value is -2.56. The van der Waals surface area contributed by atoms with Crippen LogP contribution in [0.25, 0.3) is 10.8 Å². The van der Waals surface area contributed by atoms with Crippen LogP contribution in [0.5, 0.6) is 5.75 Å². The van der Waals surface area contributed by atoms with E-state index < -0.39 is 5.41 Å². The van der Waals surface area contributed by atoms with E-state index in [1.54, 1.807) is 0 Å². The van der Waals surface area contributed by atoms with Crippen LogP contribution in [0.4, 0.5) is 0 Å². The van der Waals surface area contributed by atoms with E-state index in [0.717, 1.165) is 47.0 Å². The molecular formula is C26H24ClNO3. The molecule has 5 heteroatoms. The number of halogens is 1. The van der Waals surface area contributed by atoms with Crippen molar-refractivity contribution in [1.82, 2.24) is 4.90 Å². The highest BCUT2D eigenvalue weighted by Crippen LogP contribution is 2.64. The Morgan fingerprint density at radius 1 is 1.13 bits per heavy atom. The van der Waals surface area contributed by atoms with Crippen molar-refractivity contribution in [3.05, 3.63) is 76.8 Å². The summed E-state index contributed by atoms with van der Waals surface area (Å²) in [6, 6.07) is 20.7. The molecule has 31 heavy (non-hydrogen) atoms. The molecule has 3 aromatic carbocycles. The predicted octanol–water partition coefficient (Wildman–Crippen LogP) is 5.35. The quantitative estimate of drug-likeness (QED) is 0.511. The Labute approximate surface area is 186 Å². The average molecular weight is 434 g/mol. The van der Waals surface area contributed by atoms with Crippen LogP contribution in [0.15, 0.2) is 60.7 Å². The zero-order valence-electron chi connectivity index (χ0n) is 17.4. The summed E-state index contributed by atoms with van der Waals surface area (Å²) in [5, 5.41) is 3.02. The van der Waals surface area contributed by atoms with Crippen molar-refractivity contribution in [2.45, 2.75) is 30.8 Å². The Balaban J connectivity index is 1.64. The number of hydrogen-bond donors (Lipinski definition) is 0. The number of carbonyl (C=O) groups is 1. The number of methoxy groups -OCH3 is 1. The van der Waals surface area contributed by atoms with Crippen LogP contribution in [-0.4, -0.2) is 37.2 Å². The maximum atomic E-state index is 13.6. The second kappa shape index (κ2) is 6.98. The van der Waals surface area contributed by atoms with Crippen molar-refractivity contribution in [2.75, 3.05) is 20.3 Å². The number of esters is 1. The van der Waals surface area contributed by atoms with Crippen LogP contribution in [0.2, 0.25) is 5.02 Å². The van der Waals surface area contributed by atoms with E-state index >= 15 is 0 Å². The van der Waals surface area contributed by atoms with Crippen molar-refractivity contribution >= 4 is 28.3 Å². The van der Waals surface area contributed by atoms with E-state index in [1.807, 2.05) is 12.1 Å². The fourth-order valence-electron chi connectivity index (χ4n) is 6.45. The van der Waals surface area contributed by atoms with Crippen molar-refractivity contribution in [2.24, 2.45) is 5.41 Å². The molecule has 2 saturated heterocycles. The van der Waals surface area contributed by atoms with Crippen LogP contribution < -0.4 is 4.74 Å². The molecule has 0 aromatic heterocycles. The molecule has 3 aliphatic rings. The Kier molecular flexibility index (Phi) is 4.31. The zero-order valence-corrected chi connectivity index (χ0v) is 18.1. The van der Waals surface area contributed by atoms with Gasteiger partial charge < -0.3 is 9.47 Å². The minimum atomic E-state index is -0.801. The summed E-state index contributed by atoms with van der Waals surface area (Å²) < 4.78 is 11.8. The second-order valence-corrected chi connectivity index (χ2v) is 9.33. The Bertz CT molecular complexity index is 1180. The third kappa shape index (κ3) is 2.55. The van der Waals surface area contributed by atoms with Crippen molar-refractivity contribution in [3.63, 3.8) is 0 Å². The largest absolute Gasteiger partial charge is 0.492 e. The van der Waals surface area contributed by atoms with Gasteiger partial charge in [0.25, 0.3) is 0 Å². The smallest absolute Gasteiger partial charge is 0.317 e. The van der Waals surface area contributed by atoms with Gasteiger partial charge in [-0.1, -0.05) is 54.1 Å². The van der Waals surface area contributed by atoms with Crippen LogP contribution >= 0.6 is 11.6 Å². The monoisotopic (exact) mass is 433 g/mol. The van der Waals surface area contributed by atoms with E-state index in [2.05, 4.69) is 53.4 Å². The summed E-state index contributed by atoms with van der Waals surface area (Å²) in [7, 11) is 1.50. The average Bonchev–Trinajstić information content (AvgIpc) is 3.38. The summed E-state index contributed by atoms with van der Waals surface area (Å²) in [6.07, 6.45) is 2.19. The number of carbonyl (C=O) groups excluding carboxylic acids is 1. The van der Waals surface area contributed by atoms with Gasteiger partial charge in [0.15, 0.2) is 0 Å². The van der Waals surface area contributed by atoms with Crippen LogP contribution in [0, 0.1) is 5.41 Å². The van der Waals surface area contributed by atoms with E-state index in [1.165, 1.54) is 7.11 Å². The summed E-state index contributed by atoms with van der Waals surface area (Å²) in [6.45, 7) is 1.29. The van der Waals surface area contributed by atoms with E-state index in [-0.39, 0.29) is 24.0 Å². The molecule has 0 spiro atoms. The van der Waals surface area contributed by atoms with Crippen molar-refractivity contribution in [3.8, 4) is 5.75 Å². The summed E-state index contributed by atoms with van der Waals surface area (Å²) in [5.74, 6) is 0.674. The van der Waals surface area contributed by atoms with E-state index in [9.17, 15) is 4.79 Å². The van der Waals surface area contributed by atoms with E-state index in [0.29, 0.717) is 11.6 Å². The highest BCUT2D eigenvalue weighted by molar-refractivity contribution is 6.30. The number of hydrogen-bond acceptors (Lipinski definition) is 4. The number of nitrogens with zero attached hydrogens (tertiary/aromatic N) is 1. The summed E-state index contributed by atoms with van der Waals surface area (Å²) in [5.41, 5.74) is 1.45. The Morgan fingerprint density at radius 2 is 1.94 bits per heavy atom. The van der Waals surface area contributed by atoms with Gasteiger partial charge in [0.2, 0.25) is 0 Å². The molecule has 0 N–H and O–H groups in total. The van der Waals surface area contributed by atoms with Crippen LogP contribution in [0.3, 0.4) is 0 Å². The molecule has 0 unspecified atom stereocenters. The lowest BCUT2D eigenvalue weighted by Crippen LogP contribution is -2.49. The van der Waals surface area contributed by atoms with E-state index in [4.69, 9.17) is 21.1 Å². The van der Waals surface area contributed by atoms with Crippen LogP contribution in [-0.2, 0) is 9.53 Å². The maximum Gasteiger partial charge on any atom is 0.317 e. The predicted molar refractivity (Wildman–Crippen MR) is 121 cm³/mol. The molecular weight excluding hydrogens is 410 g/mol. The normalized spacial score (nSPS) is 29.2. The number of benzene rings is 3.